The third kappa shape index (κ3) is 2.82. The summed E-state index contributed by atoms with van der Waals surface area (Å²) in [6.07, 6.45) is 0.943. The molecule has 0 atom stereocenters. The summed E-state index contributed by atoms with van der Waals surface area (Å²) >= 11 is 0. The van der Waals surface area contributed by atoms with Crippen LogP contribution in [0.4, 0.5) is 0 Å². The minimum atomic E-state index is 0.943. The molecule has 0 aliphatic carbocycles. The van der Waals surface area contributed by atoms with Crippen molar-refractivity contribution in [3.05, 3.63) is 126 Å². The van der Waals surface area contributed by atoms with Crippen molar-refractivity contribution in [3.63, 3.8) is 0 Å². The molecule has 0 fully saturated rings. The molecule has 34 heavy (non-hydrogen) atoms. The van der Waals surface area contributed by atoms with E-state index >= 15 is 0 Å². The average Bonchev–Trinajstić information content (AvgIpc) is 3.37. The predicted octanol–water partition coefficient (Wildman–Crippen LogP) is 8.02. The Morgan fingerprint density at radius 2 is 1.06 bits per heavy atom. The summed E-state index contributed by atoms with van der Waals surface area (Å²) in [4.78, 5) is 0. The van der Waals surface area contributed by atoms with E-state index in [4.69, 9.17) is 0 Å². The van der Waals surface area contributed by atoms with Crippen LogP contribution in [0.2, 0.25) is 0 Å². The highest BCUT2D eigenvalue weighted by atomic mass is 15.0. The van der Waals surface area contributed by atoms with Gasteiger partial charge in [-0.05, 0) is 60.0 Å². The first kappa shape index (κ1) is 19.2. The molecule has 2 heteroatoms. The van der Waals surface area contributed by atoms with Gasteiger partial charge in [0.25, 0.3) is 0 Å². The van der Waals surface area contributed by atoms with E-state index < -0.39 is 0 Å². The molecule has 2 heterocycles. The van der Waals surface area contributed by atoms with Crippen molar-refractivity contribution in [2.45, 2.75) is 6.42 Å². The lowest BCUT2D eigenvalue weighted by Crippen LogP contribution is -1.94. The SMILES string of the molecule is Cn1c2ccccc2c2cc(-n3c4ccccc4c4cc(Cc5ccccc5)ccc43)ccc21. The summed E-state index contributed by atoms with van der Waals surface area (Å²) in [5, 5.41) is 5.20. The van der Waals surface area contributed by atoms with Gasteiger partial charge in [0, 0.05) is 45.3 Å². The Bertz CT molecular complexity index is 1830. The van der Waals surface area contributed by atoms with Crippen LogP contribution in [0.15, 0.2) is 115 Å². The van der Waals surface area contributed by atoms with Crippen molar-refractivity contribution >= 4 is 43.6 Å². The summed E-state index contributed by atoms with van der Waals surface area (Å²) in [5.74, 6) is 0. The molecule has 0 aliphatic rings. The van der Waals surface area contributed by atoms with Crippen LogP contribution in [-0.4, -0.2) is 9.13 Å². The van der Waals surface area contributed by atoms with Crippen LogP contribution < -0.4 is 0 Å². The third-order valence-electron chi connectivity index (χ3n) is 7.14. The van der Waals surface area contributed by atoms with E-state index in [0.29, 0.717) is 0 Å². The maximum atomic E-state index is 2.41. The largest absolute Gasteiger partial charge is 0.344 e. The van der Waals surface area contributed by atoms with E-state index in [0.717, 1.165) is 6.42 Å². The van der Waals surface area contributed by atoms with Crippen molar-refractivity contribution in [2.24, 2.45) is 7.05 Å². The minimum Gasteiger partial charge on any atom is -0.344 e. The Hall–Kier alpha value is -4.30. The molecule has 7 rings (SSSR count). The Morgan fingerprint density at radius 1 is 0.471 bits per heavy atom. The van der Waals surface area contributed by atoms with Crippen molar-refractivity contribution < 1.29 is 0 Å². The molecule has 0 saturated carbocycles. The first-order chi connectivity index (χ1) is 16.8. The first-order valence-corrected chi connectivity index (χ1v) is 11.8. The van der Waals surface area contributed by atoms with Gasteiger partial charge in [0.1, 0.15) is 0 Å². The van der Waals surface area contributed by atoms with Gasteiger partial charge in [-0.15, -0.1) is 0 Å². The van der Waals surface area contributed by atoms with E-state index in [1.807, 2.05) is 0 Å². The molecular weight excluding hydrogens is 412 g/mol. The molecule has 0 unspecified atom stereocenters. The lowest BCUT2D eigenvalue weighted by atomic mass is 10.0. The molecule has 0 saturated heterocycles. The molecule has 0 spiro atoms. The second-order valence-corrected chi connectivity index (χ2v) is 9.14. The van der Waals surface area contributed by atoms with Gasteiger partial charge in [-0.25, -0.2) is 0 Å². The highest BCUT2D eigenvalue weighted by Crippen LogP contribution is 2.35. The number of hydrogen-bond acceptors (Lipinski definition) is 0. The minimum absolute atomic E-state index is 0.943. The Morgan fingerprint density at radius 3 is 1.88 bits per heavy atom. The fourth-order valence-electron chi connectivity index (χ4n) is 5.53. The number of hydrogen-bond donors (Lipinski definition) is 0. The average molecular weight is 437 g/mol. The Labute approximate surface area is 198 Å². The molecule has 2 nitrogen and oxygen atoms in total. The lowest BCUT2D eigenvalue weighted by molar-refractivity contribution is 1.01. The molecule has 5 aromatic carbocycles. The van der Waals surface area contributed by atoms with Crippen LogP contribution in [0.25, 0.3) is 49.3 Å². The zero-order valence-corrected chi connectivity index (χ0v) is 19.1. The first-order valence-electron chi connectivity index (χ1n) is 11.8. The molecule has 0 radical (unpaired) electrons. The van der Waals surface area contributed by atoms with E-state index in [-0.39, 0.29) is 0 Å². The normalized spacial score (nSPS) is 11.8. The number of para-hydroxylation sites is 2. The van der Waals surface area contributed by atoms with Crippen LogP contribution in [-0.2, 0) is 13.5 Å². The fourth-order valence-corrected chi connectivity index (χ4v) is 5.53. The highest BCUT2D eigenvalue weighted by molar-refractivity contribution is 6.11. The van der Waals surface area contributed by atoms with Crippen LogP contribution in [0, 0.1) is 0 Å². The number of benzene rings is 5. The molecule has 162 valence electrons. The van der Waals surface area contributed by atoms with Gasteiger partial charge in [-0.3, -0.25) is 0 Å². The maximum Gasteiger partial charge on any atom is 0.0541 e. The number of rotatable bonds is 3. The van der Waals surface area contributed by atoms with Crippen molar-refractivity contribution in [1.82, 2.24) is 9.13 Å². The quantitative estimate of drug-likeness (QED) is 0.265. The summed E-state index contributed by atoms with van der Waals surface area (Å²) in [6, 6.07) is 41.9. The summed E-state index contributed by atoms with van der Waals surface area (Å²) in [7, 11) is 2.15. The monoisotopic (exact) mass is 436 g/mol. The third-order valence-corrected chi connectivity index (χ3v) is 7.14. The van der Waals surface area contributed by atoms with Crippen molar-refractivity contribution in [2.75, 3.05) is 0 Å². The lowest BCUT2D eigenvalue weighted by Gasteiger charge is -2.09. The zero-order chi connectivity index (χ0) is 22.6. The number of aryl methyl sites for hydroxylation is 1. The number of nitrogens with zero attached hydrogens (tertiary/aromatic N) is 2. The smallest absolute Gasteiger partial charge is 0.0541 e. The highest BCUT2D eigenvalue weighted by Gasteiger charge is 2.15. The van der Waals surface area contributed by atoms with E-state index in [1.165, 1.54) is 60.4 Å². The van der Waals surface area contributed by atoms with Crippen LogP contribution in [0.3, 0.4) is 0 Å². The van der Waals surface area contributed by atoms with Crippen LogP contribution in [0.1, 0.15) is 11.1 Å². The predicted molar refractivity (Wildman–Crippen MR) is 144 cm³/mol. The zero-order valence-electron chi connectivity index (χ0n) is 19.1. The van der Waals surface area contributed by atoms with Gasteiger partial charge in [-0.2, -0.15) is 0 Å². The molecule has 0 aliphatic heterocycles. The summed E-state index contributed by atoms with van der Waals surface area (Å²) in [6.45, 7) is 0. The standard InChI is InChI=1S/C32H24N2/c1-33-29-13-7-5-11-25(29)28-21-24(16-18-30(28)33)34-31-14-8-6-12-26(31)27-20-23(15-17-32(27)34)19-22-9-3-2-4-10-22/h2-18,20-21H,19H2,1H3. The Balaban J connectivity index is 1.47. The molecule has 0 N–H and O–H groups in total. The number of fused-ring (bicyclic) bond motifs is 6. The van der Waals surface area contributed by atoms with E-state index in [2.05, 4.69) is 131 Å². The number of aromatic nitrogens is 2. The second kappa shape index (κ2) is 7.36. The van der Waals surface area contributed by atoms with Crippen molar-refractivity contribution in [1.29, 1.82) is 0 Å². The molecule has 0 amide bonds. The van der Waals surface area contributed by atoms with E-state index in [1.54, 1.807) is 0 Å². The Kier molecular flexibility index (Phi) is 4.16. The van der Waals surface area contributed by atoms with Crippen LogP contribution in [0.5, 0.6) is 0 Å². The summed E-state index contributed by atoms with van der Waals surface area (Å²) in [5.41, 5.74) is 8.90. The van der Waals surface area contributed by atoms with Crippen molar-refractivity contribution in [3.8, 4) is 5.69 Å². The maximum absolute atomic E-state index is 2.41. The molecule has 7 aromatic rings. The van der Waals surface area contributed by atoms with Gasteiger partial charge < -0.3 is 9.13 Å². The molecule has 0 bridgehead atoms. The van der Waals surface area contributed by atoms with E-state index in [9.17, 15) is 0 Å². The molecular formula is C32H24N2. The molecule has 2 aromatic heterocycles. The second-order valence-electron chi connectivity index (χ2n) is 9.14. The van der Waals surface area contributed by atoms with Crippen LogP contribution >= 0.6 is 0 Å². The summed E-state index contributed by atoms with van der Waals surface area (Å²) < 4.78 is 4.70. The van der Waals surface area contributed by atoms with Gasteiger partial charge in [0.15, 0.2) is 0 Å². The van der Waals surface area contributed by atoms with Gasteiger partial charge in [-0.1, -0.05) is 72.8 Å². The van der Waals surface area contributed by atoms with Gasteiger partial charge in [0.05, 0.1) is 11.0 Å². The van der Waals surface area contributed by atoms with Gasteiger partial charge >= 0.3 is 0 Å². The topological polar surface area (TPSA) is 9.86 Å². The fraction of sp³-hybridized carbons (Fsp3) is 0.0625. The van der Waals surface area contributed by atoms with Gasteiger partial charge in [0.2, 0.25) is 0 Å².